The van der Waals surface area contributed by atoms with E-state index in [-0.39, 0.29) is 0 Å². The molecule has 3 heteroatoms. The van der Waals surface area contributed by atoms with Crippen LogP contribution in [0.25, 0.3) is 0 Å². The number of rotatable bonds is 6. The molecular formula is C20H22O3. The minimum absolute atomic E-state index is 0.469. The van der Waals surface area contributed by atoms with Gasteiger partial charge in [-0.05, 0) is 67.3 Å². The highest BCUT2D eigenvalue weighted by Crippen LogP contribution is 2.26. The van der Waals surface area contributed by atoms with Crippen molar-refractivity contribution in [1.82, 2.24) is 0 Å². The number of aliphatic carboxylic acids is 1. The van der Waals surface area contributed by atoms with Crippen LogP contribution in [0.1, 0.15) is 36.0 Å². The summed E-state index contributed by atoms with van der Waals surface area (Å²) in [6.07, 6.45) is 4.98. The molecule has 0 saturated carbocycles. The van der Waals surface area contributed by atoms with Crippen LogP contribution in [0.4, 0.5) is 0 Å². The van der Waals surface area contributed by atoms with Gasteiger partial charge >= 0.3 is 5.97 Å². The molecule has 0 saturated heterocycles. The lowest BCUT2D eigenvalue weighted by Gasteiger charge is -2.19. The van der Waals surface area contributed by atoms with Crippen LogP contribution in [-0.2, 0) is 24.1 Å². The molecule has 3 rings (SSSR count). The minimum atomic E-state index is -0.904. The molecule has 2 aromatic carbocycles. The van der Waals surface area contributed by atoms with Crippen LogP contribution < -0.4 is 4.74 Å². The van der Waals surface area contributed by atoms with Crippen LogP contribution in [0.5, 0.6) is 5.75 Å². The summed E-state index contributed by atoms with van der Waals surface area (Å²) < 4.78 is 5.76. The molecule has 0 radical (unpaired) electrons. The van der Waals surface area contributed by atoms with E-state index in [4.69, 9.17) is 4.74 Å². The van der Waals surface area contributed by atoms with Gasteiger partial charge in [0.1, 0.15) is 5.75 Å². The van der Waals surface area contributed by atoms with Crippen molar-refractivity contribution in [3.63, 3.8) is 0 Å². The molecule has 2 aromatic rings. The van der Waals surface area contributed by atoms with Gasteiger partial charge in [-0.1, -0.05) is 36.4 Å². The van der Waals surface area contributed by atoms with Crippen LogP contribution in [0.15, 0.2) is 48.5 Å². The average Bonchev–Trinajstić information content (AvgIpc) is 2.59. The molecule has 120 valence electrons. The highest BCUT2D eigenvalue weighted by Gasteiger charge is 2.20. The van der Waals surface area contributed by atoms with Gasteiger partial charge in [0, 0.05) is 0 Å². The Hall–Kier alpha value is -2.29. The smallest absolute Gasteiger partial charge is 0.344 e. The molecular weight excluding hydrogens is 288 g/mol. The topological polar surface area (TPSA) is 46.5 Å². The maximum atomic E-state index is 11.5. The second kappa shape index (κ2) is 7.32. The summed E-state index contributed by atoms with van der Waals surface area (Å²) in [5.41, 5.74) is 3.81. The summed E-state index contributed by atoms with van der Waals surface area (Å²) in [7, 11) is 0. The van der Waals surface area contributed by atoms with E-state index < -0.39 is 12.1 Å². The number of hydrogen-bond donors (Lipinski definition) is 1. The third-order valence-electron chi connectivity index (χ3n) is 4.41. The molecule has 1 N–H and O–H groups in total. The maximum absolute atomic E-state index is 11.5. The molecule has 1 atom stereocenters. The SMILES string of the molecule is O=C(O)C(CCc1ccccc1)Oc1ccc2c(c1)CCCC2. The minimum Gasteiger partial charge on any atom is -0.479 e. The number of fused-ring (bicyclic) bond motifs is 1. The van der Waals surface area contributed by atoms with Gasteiger partial charge in [0.2, 0.25) is 0 Å². The normalized spacial score (nSPS) is 14.8. The molecule has 0 spiro atoms. The van der Waals surface area contributed by atoms with Gasteiger partial charge in [-0.2, -0.15) is 0 Å². The van der Waals surface area contributed by atoms with Crippen molar-refractivity contribution in [3.05, 3.63) is 65.2 Å². The monoisotopic (exact) mass is 310 g/mol. The van der Waals surface area contributed by atoms with E-state index in [0.717, 1.165) is 18.4 Å². The fourth-order valence-electron chi connectivity index (χ4n) is 3.12. The summed E-state index contributed by atoms with van der Waals surface area (Å²) in [5.74, 6) is -0.232. The van der Waals surface area contributed by atoms with Gasteiger partial charge in [0.05, 0.1) is 0 Å². The van der Waals surface area contributed by atoms with Crippen LogP contribution in [0.3, 0.4) is 0 Å². The van der Waals surface area contributed by atoms with Crippen molar-refractivity contribution in [2.45, 2.75) is 44.6 Å². The number of aryl methyl sites for hydroxylation is 3. The van der Waals surface area contributed by atoms with Gasteiger partial charge < -0.3 is 9.84 Å². The lowest BCUT2D eigenvalue weighted by Crippen LogP contribution is -2.27. The highest BCUT2D eigenvalue weighted by atomic mass is 16.5. The first-order valence-corrected chi connectivity index (χ1v) is 8.27. The molecule has 0 bridgehead atoms. The Morgan fingerprint density at radius 1 is 1.04 bits per heavy atom. The number of hydrogen-bond acceptors (Lipinski definition) is 2. The van der Waals surface area contributed by atoms with Crippen LogP contribution in [-0.4, -0.2) is 17.2 Å². The zero-order valence-corrected chi connectivity index (χ0v) is 13.2. The zero-order chi connectivity index (χ0) is 16.1. The van der Waals surface area contributed by atoms with Crippen LogP contribution in [0, 0.1) is 0 Å². The molecule has 1 aliphatic rings. The molecule has 1 aliphatic carbocycles. The van der Waals surface area contributed by atoms with E-state index in [2.05, 4.69) is 6.07 Å². The summed E-state index contributed by atoms with van der Waals surface area (Å²) in [6, 6.07) is 15.9. The molecule has 0 heterocycles. The Bertz CT molecular complexity index is 664. The summed E-state index contributed by atoms with van der Waals surface area (Å²) in [6.45, 7) is 0. The van der Waals surface area contributed by atoms with E-state index in [1.165, 1.54) is 24.0 Å². The fourth-order valence-corrected chi connectivity index (χ4v) is 3.12. The van der Waals surface area contributed by atoms with E-state index in [1.807, 2.05) is 42.5 Å². The first kappa shape index (κ1) is 15.6. The summed E-state index contributed by atoms with van der Waals surface area (Å²) in [5, 5.41) is 9.43. The van der Waals surface area contributed by atoms with Crippen molar-refractivity contribution in [3.8, 4) is 5.75 Å². The van der Waals surface area contributed by atoms with Gasteiger partial charge in [-0.15, -0.1) is 0 Å². The Morgan fingerprint density at radius 3 is 2.52 bits per heavy atom. The molecule has 1 unspecified atom stereocenters. The van der Waals surface area contributed by atoms with Crippen molar-refractivity contribution in [1.29, 1.82) is 0 Å². The summed E-state index contributed by atoms with van der Waals surface area (Å²) in [4.78, 5) is 11.5. The van der Waals surface area contributed by atoms with Crippen molar-refractivity contribution >= 4 is 5.97 Å². The number of carbonyl (C=O) groups is 1. The van der Waals surface area contributed by atoms with Crippen molar-refractivity contribution in [2.24, 2.45) is 0 Å². The van der Waals surface area contributed by atoms with Gasteiger partial charge in [-0.25, -0.2) is 4.79 Å². The molecule has 23 heavy (non-hydrogen) atoms. The average molecular weight is 310 g/mol. The quantitative estimate of drug-likeness (QED) is 0.876. The van der Waals surface area contributed by atoms with Gasteiger partial charge in [-0.3, -0.25) is 0 Å². The first-order chi connectivity index (χ1) is 11.2. The third kappa shape index (κ3) is 4.13. The fraction of sp³-hybridized carbons (Fsp3) is 0.350. The van der Waals surface area contributed by atoms with E-state index in [1.54, 1.807) is 0 Å². The van der Waals surface area contributed by atoms with Crippen molar-refractivity contribution < 1.29 is 14.6 Å². The largest absolute Gasteiger partial charge is 0.479 e. The van der Waals surface area contributed by atoms with Gasteiger partial charge in [0.25, 0.3) is 0 Å². The third-order valence-corrected chi connectivity index (χ3v) is 4.41. The Kier molecular flexibility index (Phi) is 4.96. The van der Waals surface area contributed by atoms with E-state index in [9.17, 15) is 9.90 Å². The molecule has 0 aliphatic heterocycles. The Morgan fingerprint density at radius 2 is 1.78 bits per heavy atom. The second-order valence-corrected chi connectivity index (χ2v) is 6.11. The second-order valence-electron chi connectivity index (χ2n) is 6.11. The highest BCUT2D eigenvalue weighted by molar-refractivity contribution is 5.72. The Labute approximate surface area is 136 Å². The number of benzene rings is 2. The zero-order valence-electron chi connectivity index (χ0n) is 13.2. The number of carboxylic acid groups (broad SMARTS) is 1. The predicted molar refractivity (Wildman–Crippen MR) is 89.9 cm³/mol. The molecule has 0 fully saturated rings. The number of carboxylic acids is 1. The lowest BCUT2D eigenvalue weighted by molar-refractivity contribution is -0.145. The van der Waals surface area contributed by atoms with Gasteiger partial charge in [0.15, 0.2) is 6.10 Å². The van der Waals surface area contributed by atoms with Crippen molar-refractivity contribution in [2.75, 3.05) is 0 Å². The van der Waals surface area contributed by atoms with E-state index >= 15 is 0 Å². The van der Waals surface area contributed by atoms with Crippen LogP contribution in [0.2, 0.25) is 0 Å². The molecule has 0 aromatic heterocycles. The number of ether oxygens (including phenoxy) is 1. The summed E-state index contributed by atoms with van der Waals surface area (Å²) >= 11 is 0. The van der Waals surface area contributed by atoms with Crippen LogP contribution >= 0.6 is 0 Å². The lowest BCUT2D eigenvalue weighted by atomic mass is 9.92. The standard InChI is InChI=1S/C20H22O3/c21-20(22)19(13-10-15-6-2-1-3-7-15)23-18-12-11-16-8-4-5-9-17(16)14-18/h1-3,6-7,11-12,14,19H,4-5,8-10,13H2,(H,21,22). The van der Waals surface area contributed by atoms with E-state index in [0.29, 0.717) is 18.6 Å². The molecule has 3 nitrogen and oxygen atoms in total. The molecule has 0 amide bonds. The first-order valence-electron chi connectivity index (χ1n) is 8.27. The maximum Gasteiger partial charge on any atom is 0.344 e. The Balaban J connectivity index is 1.66. The predicted octanol–water partition coefficient (Wildman–Crippen LogP) is 4.03.